The van der Waals surface area contributed by atoms with Gasteiger partial charge in [0.15, 0.2) is 0 Å². The van der Waals surface area contributed by atoms with Crippen LogP contribution in [0.4, 0.5) is 5.69 Å². The van der Waals surface area contributed by atoms with E-state index in [9.17, 15) is 4.79 Å². The third-order valence-electron chi connectivity index (χ3n) is 3.89. The highest BCUT2D eigenvalue weighted by atomic mass is 79.9. The van der Waals surface area contributed by atoms with Gasteiger partial charge in [-0.15, -0.1) is 0 Å². The van der Waals surface area contributed by atoms with Crippen molar-refractivity contribution < 1.29 is 4.79 Å². The van der Waals surface area contributed by atoms with E-state index in [1.165, 1.54) is 38.5 Å². The van der Waals surface area contributed by atoms with E-state index in [2.05, 4.69) is 21.2 Å². The summed E-state index contributed by atoms with van der Waals surface area (Å²) in [6.07, 6.45) is 8.35. The van der Waals surface area contributed by atoms with E-state index in [-0.39, 0.29) is 5.91 Å². The second kappa shape index (κ2) is 7.09. The van der Waals surface area contributed by atoms with Crippen molar-refractivity contribution in [2.75, 3.05) is 5.32 Å². The standard InChI is InChI=1S/C16H22BrNO/c1-12-10-14(8-9-15(12)17)18-16(19)11-13-6-4-2-3-5-7-13/h8-10,13H,2-7,11H2,1H3,(H,18,19). The zero-order chi connectivity index (χ0) is 13.7. The number of hydrogen-bond donors (Lipinski definition) is 1. The average molecular weight is 324 g/mol. The molecule has 0 heterocycles. The van der Waals surface area contributed by atoms with Gasteiger partial charge in [-0.05, 0) is 49.4 Å². The minimum atomic E-state index is 0.161. The SMILES string of the molecule is Cc1cc(NC(=O)CC2CCCCCC2)ccc1Br. The van der Waals surface area contributed by atoms with Crippen molar-refractivity contribution in [1.82, 2.24) is 0 Å². The highest BCUT2D eigenvalue weighted by molar-refractivity contribution is 9.10. The summed E-state index contributed by atoms with van der Waals surface area (Å²) in [5, 5.41) is 3.02. The van der Waals surface area contributed by atoms with Crippen LogP contribution in [0.15, 0.2) is 22.7 Å². The van der Waals surface area contributed by atoms with Crippen LogP contribution in [0.1, 0.15) is 50.5 Å². The number of carbonyl (C=O) groups excluding carboxylic acids is 1. The molecule has 0 radical (unpaired) electrons. The van der Waals surface area contributed by atoms with Gasteiger partial charge in [-0.3, -0.25) is 4.79 Å². The van der Waals surface area contributed by atoms with Crippen LogP contribution in [0.2, 0.25) is 0 Å². The number of aryl methyl sites for hydroxylation is 1. The number of nitrogens with one attached hydrogen (secondary N) is 1. The van der Waals surface area contributed by atoms with E-state index < -0.39 is 0 Å². The lowest BCUT2D eigenvalue weighted by molar-refractivity contribution is -0.117. The van der Waals surface area contributed by atoms with E-state index in [0.717, 1.165) is 15.7 Å². The van der Waals surface area contributed by atoms with Crippen LogP contribution in [0.3, 0.4) is 0 Å². The lowest BCUT2D eigenvalue weighted by Gasteiger charge is -2.14. The van der Waals surface area contributed by atoms with Gasteiger partial charge in [0.2, 0.25) is 5.91 Å². The number of rotatable bonds is 3. The summed E-state index contributed by atoms with van der Waals surface area (Å²) in [6, 6.07) is 5.94. The first-order valence-electron chi connectivity index (χ1n) is 7.21. The van der Waals surface area contributed by atoms with Crippen LogP contribution in [-0.2, 0) is 4.79 Å². The number of amides is 1. The maximum atomic E-state index is 12.1. The molecule has 1 aromatic rings. The summed E-state index contributed by atoms with van der Waals surface area (Å²) in [7, 11) is 0. The molecule has 1 saturated carbocycles. The van der Waals surface area contributed by atoms with Crippen LogP contribution in [0.25, 0.3) is 0 Å². The molecule has 3 heteroatoms. The normalized spacial score (nSPS) is 16.9. The van der Waals surface area contributed by atoms with E-state index in [1.54, 1.807) is 0 Å². The van der Waals surface area contributed by atoms with E-state index in [4.69, 9.17) is 0 Å². The molecule has 1 aliphatic rings. The maximum Gasteiger partial charge on any atom is 0.224 e. The number of carbonyl (C=O) groups is 1. The zero-order valence-electron chi connectivity index (χ0n) is 11.5. The molecule has 104 valence electrons. The smallest absolute Gasteiger partial charge is 0.224 e. The van der Waals surface area contributed by atoms with Crippen molar-refractivity contribution in [2.24, 2.45) is 5.92 Å². The van der Waals surface area contributed by atoms with Crippen molar-refractivity contribution in [2.45, 2.75) is 51.9 Å². The van der Waals surface area contributed by atoms with Gasteiger partial charge in [0.25, 0.3) is 0 Å². The molecule has 1 amide bonds. The van der Waals surface area contributed by atoms with Crippen LogP contribution in [0, 0.1) is 12.8 Å². The van der Waals surface area contributed by atoms with E-state index >= 15 is 0 Å². The second-order valence-electron chi connectivity index (χ2n) is 5.57. The molecule has 0 atom stereocenters. The molecule has 0 aromatic heterocycles. The first-order chi connectivity index (χ1) is 9.15. The van der Waals surface area contributed by atoms with E-state index in [0.29, 0.717) is 12.3 Å². The predicted octanol–water partition coefficient (Wildman–Crippen LogP) is 5.06. The molecule has 0 aliphatic heterocycles. The van der Waals surface area contributed by atoms with Crippen LogP contribution in [-0.4, -0.2) is 5.91 Å². The van der Waals surface area contributed by atoms with Crippen LogP contribution < -0.4 is 5.32 Å². The summed E-state index contributed by atoms with van der Waals surface area (Å²) < 4.78 is 1.08. The molecule has 2 rings (SSSR count). The number of hydrogen-bond acceptors (Lipinski definition) is 1. The van der Waals surface area contributed by atoms with Crippen molar-refractivity contribution in [3.63, 3.8) is 0 Å². The van der Waals surface area contributed by atoms with Crippen molar-refractivity contribution >= 4 is 27.5 Å². The minimum absolute atomic E-state index is 0.161. The Kier molecular flexibility index (Phi) is 5.44. The fourth-order valence-electron chi connectivity index (χ4n) is 2.76. The second-order valence-corrected chi connectivity index (χ2v) is 6.43. The Morgan fingerprint density at radius 1 is 1.26 bits per heavy atom. The molecule has 1 aromatic carbocycles. The summed E-state index contributed by atoms with van der Waals surface area (Å²) >= 11 is 3.47. The molecule has 0 unspecified atom stereocenters. The molecular weight excluding hydrogens is 302 g/mol. The molecule has 0 bridgehead atoms. The summed E-state index contributed by atoms with van der Waals surface area (Å²) in [5.74, 6) is 0.743. The molecule has 1 N–H and O–H groups in total. The van der Waals surface area contributed by atoms with Crippen LogP contribution >= 0.6 is 15.9 Å². The highest BCUT2D eigenvalue weighted by Gasteiger charge is 2.16. The summed E-state index contributed by atoms with van der Waals surface area (Å²) in [6.45, 7) is 2.03. The van der Waals surface area contributed by atoms with Gasteiger partial charge < -0.3 is 5.32 Å². The fraction of sp³-hybridized carbons (Fsp3) is 0.562. The van der Waals surface area contributed by atoms with Gasteiger partial charge in [0.1, 0.15) is 0 Å². The Morgan fingerprint density at radius 3 is 2.58 bits per heavy atom. The van der Waals surface area contributed by atoms with E-state index in [1.807, 2.05) is 25.1 Å². The first-order valence-corrected chi connectivity index (χ1v) is 8.00. The van der Waals surface area contributed by atoms with Gasteiger partial charge in [-0.1, -0.05) is 41.6 Å². The lowest BCUT2D eigenvalue weighted by Crippen LogP contribution is -2.16. The molecule has 0 spiro atoms. The fourth-order valence-corrected chi connectivity index (χ4v) is 3.01. The summed E-state index contributed by atoms with van der Waals surface area (Å²) in [4.78, 5) is 12.1. The Balaban J connectivity index is 1.87. The molecule has 1 fully saturated rings. The highest BCUT2D eigenvalue weighted by Crippen LogP contribution is 2.26. The Morgan fingerprint density at radius 2 is 1.95 bits per heavy atom. The zero-order valence-corrected chi connectivity index (χ0v) is 13.1. The Hall–Kier alpha value is -0.830. The van der Waals surface area contributed by atoms with Gasteiger partial charge in [-0.2, -0.15) is 0 Å². The molecule has 19 heavy (non-hydrogen) atoms. The molecule has 0 saturated heterocycles. The molecule has 2 nitrogen and oxygen atoms in total. The molecular formula is C16H22BrNO. The summed E-state index contributed by atoms with van der Waals surface area (Å²) in [5.41, 5.74) is 2.05. The monoisotopic (exact) mass is 323 g/mol. The molecule has 1 aliphatic carbocycles. The largest absolute Gasteiger partial charge is 0.326 e. The quantitative estimate of drug-likeness (QED) is 0.774. The lowest BCUT2D eigenvalue weighted by atomic mass is 9.96. The van der Waals surface area contributed by atoms with Gasteiger partial charge >= 0.3 is 0 Å². The van der Waals surface area contributed by atoms with Gasteiger partial charge in [0, 0.05) is 16.6 Å². The van der Waals surface area contributed by atoms with Gasteiger partial charge in [-0.25, -0.2) is 0 Å². The topological polar surface area (TPSA) is 29.1 Å². The predicted molar refractivity (Wildman–Crippen MR) is 83.3 cm³/mol. The van der Waals surface area contributed by atoms with Crippen molar-refractivity contribution in [1.29, 1.82) is 0 Å². The number of benzene rings is 1. The number of halogens is 1. The third-order valence-corrected chi connectivity index (χ3v) is 4.78. The Labute approximate surface area is 124 Å². The van der Waals surface area contributed by atoms with Crippen molar-refractivity contribution in [3.05, 3.63) is 28.2 Å². The van der Waals surface area contributed by atoms with Crippen LogP contribution in [0.5, 0.6) is 0 Å². The maximum absolute atomic E-state index is 12.1. The average Bonchev–Trinajstić information content (AvgIpc) is 2.62. The third kappa shape index (κ3) is 4.64. The Bertz CT molecular complexity index is 436. The van der Waals surface area contributed by atoms with Crippen molar-refractivity contribution in [3.8, 4) is 0 Å². The minimum Gasteiger partial charge on any atom is -0.326 e. The number of anilines is 1. The van der Waals surface area contributed by atoms with Gasteiger partial charge in [0.05, 0.1) is 0 Å². The first kappa shape index (κ1) is 14.6.